The molecule has 0 unspecified atom stereocenters. The molecular weight excluding hydrogens is 208 g/mol. The molecular formula is C15H30N2. The lowest BCUT2D eigenvalue weighted by Gasteiger charge is -2.34. The van der Waals surface area contributed by atoms with Crippen molar-refractivity contribution in [2.24, 2.45) is 5.92 Å². The predicted octanol–water partition coefficient (Wildman–Crippen LogP) is 3.05. The smallest absolute Gasteiger partial charge is 0.0196 e. The van der Waals surface area contributed by atoms with Crippen molar-refractivity contribution >= 4 is 0 Å². The fraction of sp³-hybridized carbons (Fsp3) is 0.867. The summed E-state index contributed by atoms with van der Waals surface area (Å²) < 4.78 is 0. The average Bonchev–Trinajstić information content (AvgIpc) is 2.15. The zero-order valence-electron chi connectivity index (χ0n) is 12.3. The molecule has 0 amide bonds. The van der Waals surface area contributed by atoms with E-state index >= 15 is 0 Å². The second kappa shape index (κ2) is 7.17. The lowest BCUT2D eigenvalue weighted by atomic mass is 10.0. The van der Waals surface area contributed by atoms with Gasteiger partial charge < -0.3 is 5.32 Å². The van der Waals surface area contributed by atoms with E-state index in [0.29, 0.717) is 0 Å². The van der Waals surface area contributed by atoms with Crippen molar-refractivity contribution in [2.75, 3.05) is 26.2 Å². The third-order valence-corrected chi connectivity index (χ3v) is 3.78. The van der Waals surface area contributed by atoms with Gasteiger partial charge in [0.05, 0.1) is 0 Å². The van der Waals surface area contributed by atoms with E-state index in [1.807, 2.05) is 0 Å². The van der Waals surface area contributed by atoms with Crippen LogP contribution in [0.15, 0.2) is 11.1 Å². The van der Waals surface area contributed by atoms with Crippen molar-refractivity contribution in [1.82, 2.24) is 10.2 Å². The Morgan fingerprint density at radius 1 is 1.24 bits per heavy atom. The molecule has 2 heteroatoms. The predicted molar refractivity (Wildman–Crippen MR) is 76.4 cm³/mol. The Morgan fingerprint density at radius 3 is 2.18 bits per heavy atom. The Bertz CT molecular complexity index is 246. The minimum atomic E-state index is 0.751. The van der Waals surface area contributed by atoms with Crippen LogP contribution in [0, 0.1) is 5.92 Å². The monoisotopic (exact) mass is 238 g/mol. The Labute approximate surface area is 107 Å². The maximum atomic E-state index is 3.34. The molecule has 0 bridgehead atoms. The van der Waals surface area contributed by atoms with E-state index in [1.165, 1.54) is 25.9 Å². The lowest BCUT2D eigenvalue weighted by Crippen LogP contribution is -2.41. The SMILES string of the molecule is CCC(CC)N(CC(C)=C1CNC1)CC(C)C. The fourth-order valence-electron chi connectivity index (χ4n) is 2.59. The van der Waals surface area contributed by atoms with Gasteiger partial charge in [0.15, 0.2) is 0 Å². The summed E-state index contributed by atoms with van der Waals surface area (Å²) in [7, 11) is 0. The summed E-state index contributed by atoms with van der Waals surface area (Å²) in [5.41, 5.74) is 3.22. The molecule has 0 spiro atoms. The number of hydrogen-bond donors (Lipinski definition) is 1. The van der Waals surface area contributed by atoms with E-state index in [1.54, 1.807) is 11.1 Å². The van der Waals surface area contributed by atoms with Gasteiger partial charge in [0.1, 0.15) is 0 Å². The largest absolute Gasteiger partial charge is 0.309 e. The molecule has 17 heavy (non-hydrogen) atoms. The highest BCUT2D eigenvalue weighted by atomic mass is 15.2. The van der Waals surface area contributed by atoms with Gasteiger partial charge in [0, 0.05) is 32.2 Å². The van der Waals surface area contributed by atoms with Gasteiger partial charge in [-0.3, -0.25) is 4.90 Å². The number of nitrogens with one attached hydrogen (secondary N) is 1. The van der Waals surface area contributed by atoms with Crippen LogP contribution in [0.4, 0.5) is 0 Å². The molecule has 1 rings (SSSR count). The van der Waals surface area contributed by atoms with Crippen molar-refractivity contribution in [3.63, 3.8) is 0 Å². The highest BCUT2D eigenvalue weighted by molar-refractivity contribution is 5.22. The van der Waals surface area contributed by atoms with Crippen molar-refractivity contribution in [2.45, 2.75) is 53.5 Å². The van der Waals surface area contributed by atoms with Gasteiger partial charge in [0.2, 0.25) is 0 Å². The average molecular weight is 238 g/mol. The van der Waals surface area contributed by atoms with Gasteiger partial charge in [-0.05, 0) is 31.3 Å². The molecule has 1 fully saturated rings. The lowest BCUT2D eigenvalue weighted by molar-refractivity contribution is 0.179. The molecule has 0 radical (unpaired) electrons. The minimum Gasteiger partial charge on any atom is -0.309 e. The minimum absolute atomic E-state index is 0.751. The molecule has 100 valence electrons. The standard InChI is InChI=1S/C15H30N2/c1-6-15(7-2)17(10-12(3)4)11-13(5)14-8-16-9-14/h12,15-16H,6-11H2,1-5H3. The first-order chi connectivity index (χ1) is 8.08. The maximum Gasteiger partial charge on any atom is 0.0196 e. The Balaban J connectivity index is 2.61. The Kier molecular flexibility index (Phi) is 6.21. The molecule has 0 aromatic heterocycles. The van der Waals surface area contributed by atoms with Crippen molar-refractivity contribution in [3.05, 3.63) is 11.1 Å². The van der Waals surface area contributed by atoms with Gasteiger partial charge >= 0.3 is 0 Å². The summed E-state index contributed by atoms with van der Waals surface area (Å²) in [4.78, 5) is 2.69. The highest BCUT2D eigenvalue weighted by Gasteiger charge is 2.19. The van der Waals surface area contributed by atoms with Crippen LogP contribution in [0.2, 0.25) is 0 Å². The first-order valence-electron chi connectivity index (χ1n) is 7.20. The Morgan fingerprint density at radius 2 is 1.82 bits per heavy atom. The summed E-state index contributed by atoms with van der Waals surface area (Å²) in [6, 6.07) is 0.751. The van der Waals surface area contributed by atoms with Crippen molar-refractivity contribution < 1.29 is 0 Å². The summed E-state index contributed by atoms with van der Waals surface area (Å²) in [5.74, 6) is 0.757. The fourth-order valence-corrected chi connectivity index (χ4v) is 2.59. The van der Waals surface area contributed by atoms with Crippen LogP contribution in [0.3, 0.4) is 0 Å². The van der Waals surface area contributed by atoms with Gasteiger partial charge in [-0.25, -0.2) is 0 Å². The van der Waals surface area contributed by atoms with Crippen LogP contribution < -0.4 is 5.32 Å². The maximum absolute atomic E-state index is 3.34. The van der Waals surface area contributed by atoms with E-state index in [4.69, 9.17) is 0 Å². The van der Waals surface area contributed by atoms with Crippen molar-refractivity contribution in [1.29, 1.82) is 0 Å². The summed E-state index contributed by atoms with van der Waals surface area (Å²) >= 11 is 0. The van der Waals surface area contributed by atoms with Gasteiger partial charge in [-0.1, -0.05) is 33.3 Å². The third-order valence-electron chi connectivity index (χ3n) is 3.78. The first-order valence-corrected chi connectivity index (χ1v) is 7.20. The van der Waals surface area contributed by atoms with Crippen LogP contribution >= 0.6 is 0 Å². The quantitative estimate of drug-likeness (QED) is 0.686. The van der Waals surface area contributed by atoms with E-state index < -0.39 is 0 Å². The highest BCUT2D eigenvalue weighted by Crippen LogP contribution is 2.16. The van der Waals surface area contributed by atoms with E-state index in [9.17, 15) is 0 Å². The van der Waals surface area contributed by atoms with Crippen LogP contribution in [-0.2, 0) is 0 Å². The van der Waals surface area contributed by atoms with Gasteiger partial charge in [-0.15, -0.1) is 0 Å². The zero-order chi connectivity index (χ0) is 12.8. The first kappa shape index (κ1) is 14.7. The van der Waals surface area contributed by atoms with Gasteiger partial charge in [0.25, 0.3) is 0 Å². The molecule has 0 aliphatic carbocycles. The molecule has 1 aliphatic rings. The molecule has 1 N–H and O–H groups in total. The second-order valence-corrected chi connectivity index (χ2v) is 5.78. The van der Waals surface area contributed by atoms with Crippen LogP contribution in [0.5, 0.6) is 0 Å². The molecule has 0 aromatic carbocycles. The normalized spacial score (nSPS) is 15.9. The number of hydrogen-bond acceptors (Lipinski definition) is 2. The van der Waals surface area contributed by atoms with Gasteiger partial charge in [-0.2, -0.15) is 0 Å². The van der Waals surface area contributed by atoms with Crippen molar-refractivity contribution in [3.8, 4) is 0 Å². The van der Waals surface area contributed by atoms with Crippen LogP contribution in [0.25, 0.3) is 0 Å². The molecule has 0 aromatic rings. The van der Waals surface area contributed by atoms with E-state index in [0.717, 1.165) is 25.0 Å². The topological polar surface area (TPSA) is 15.3 Å². The molecule has 0 saturated carbocycles. The molecule has 1 aliphatic heterocycles. The van der Waals surface area contributed by atoms with E-state index in [2.05, 4.69) is 44.8 Å². The third kappa shape index (κ3) is 4.44. The zero-order valence-corrected chi connectivity index (χ0v) is 12.3. The molecule has 2 nitrogen and oxygen atoms in total. The van der Waals surface area contributed by atoms with E-state index in [-0.39, 0.29) is 0 Å². The van der Waals surface area contributed by atoms with Crippen LogP contribution in [0.1, 0.15) is 47.5 Å². The summed E-state index contributed by atoms with van der Waals surface area (Å²) in [5, 5.41) is 3.34. The molecule has 1 heterocycles. The number of rotatable bonds is 7. The molecule has 1 saturated heterocycles. The Hall–Kier alpha value is -0.340. The number of nitrogens with zero attached hydrogens (tertiary/aromatic N) is 1. The molecule has 0 atom stereocenters. The summed E-state index contributed by atoms with van der Waals surface area (Å²) in [6.45, 7) is 16.2. The second-order valence-electron chi connectivity index (χ2n) is 5.78. The van der Waals surface area contributed by atoms with Crippen LogP contribution in [-0.4, -0.2) is 37.1 Å². The summed E-state index contributed by atoms with van der Waals surface area (Å²) in [6.07, 6.45) is 2.54.